The molecule has 0 saturated carbocycles. The Balaban J connectivity index is 2.40. The summed E-state index contributed by atoms with van der Waals surface area (Å²) in [6, 6.07) is 10.2. The topological polar surface area (TPSA) is 34.4 Å². The van der Waals surface area contributed by atoms with Crippen LogP contribution in [0.15, 0.2) is 30.3 Å². The van der Waals surface area contributed by atoms with Gasteiger partial charge < -0.3 is 0 Å². The highest BCUT2D eigenvalue weighted by Crippen LogP contribution is 2.33. The van der Waals surface area contributed by atoms with E-state index in [-0.39, 0.29) is 0 Å². The number of hydrogen-bond acceptors (Lipinski definition) is 3. The van der Waals surface area contributed by atoms with Crippen LogP contribution >= 0.6 is 11.3 Å². The first-order chi connectivity index (χ1) is 9.26. The fourth-order valence-corrected chi connectivity index (χ4v) is 3.48. The van der Waals surface area contributed by atoms with Crippen molar-refractivity contribution in [1.29, 1.82) is 0 Å². The lowest BCUT2D eigenvalue weighted by atomic mass is 10.1. The van der Waals surface area contributed by atoms with E-state index in [0.717, 1.165) is 34.6 Å². The van der Waals surface area contributed by atoms with Gasteiger partial charge in [0.05, 0.1) is 11.4 Å². The Labute approximate surface area is 115 Å². The second-order valence-corrected chi connectivity index (χ2v) is 5.47. The quantitative estimate of drug-likeness (QED) is 0.679. The summed E-state index contributed by atoms with van der Waals surface area (Å²) in [4.78, 5) is 18.0. The van der Waals surface area contributed by atoms with Crippen LogP contribution in [-0.2, 0) is 6.42 Å². The van der Waals surface area contributed by atoms with Crippen LogP contribution in [-0.4, -0.2) is 15.7 Å². The van der Waals surface area contributed by atoms with Gasteiger partial charge in [0.25, 0.3) is 0 Å². The van der Waals surface area contributed by atoms with Crippen molar-refractivity contribution in [2.24, 2.45) is 0 Å². The standard InChI is InChI=1S/C15H14N2OS/c1-3-13-14(11-7-5-4-6-8-11)17-12(9-18)10(2)16-15(17)19-13/h4-9H,3H2,1-2H3. The SMILES string of the molecule is CCc1sc2nc(C)c(C=O)n2c1-c1ccccc1. The summed E-state index contributed by atoms with van der Waals surface area (Å²) in [7, 11) is 0. The molecule has 0 aliphatic rings. The molecule has 0 unspecified atom stereocenters. The smallest absolute Gasteiger partial charge is 0.195 e. The summed E-state index contributed by atoms with van der Waals surface area (Å²) in [5, 5.41) is 0. The lowest BCUT2D eigenvalue weighted by Gasteiger charge is -2.04. The van der Waals surface area contributed by atoms with E-state index in [2.05, 4.69) is 24.0 Å². The molecule has 3 rings (SSSR count). The second kappa shape index (κ2) is 4.63. The molecule has 0 bridgehead atoms. The molecule has 2 aromatic heterocycles. The van der Waals surface area contributed by atoms with Crippen molar-refractivity contribution in [3.63, 3.8) is 0 Å². The maximum Gasteiger partial charge on any atom is 0.195 e. The lowest BCUT2D eigenvalue weighted by molar-refractivity contribution is 0.111. The van der Waals surface area contributed by atoms with E-state index in [1.807, 2.05) is 29.5 Å². The molecule has 1 aromatic carbocycles. The van der Waals surface area contributed by atoms with Crippen LogP contribution < -0.4 is 0 Å². The predicted molar refractivity (Wildman–Crippen MR) is 78.0 cm³/mol. The van der Waals surface area contributed by atoms with Crippen molar-refractivity contribution >= 4 is 22.6 Å². The van der Waals surface area contributed by atoms with Gasteiger partial charge in [0, 0.05) is 4.88 Å². The minimum atomic E-state index is 0.657. The zero-order valence-corrected chi connectivity index (χ0v) is 11.7. The average Bonchev–Trinajstić information content (AvgIpc) is 2.93. The van der Waals surface area contributed by atoms with E-state index in [1.165, 1.54) is 4.88 Å². The van der Waals surface area contributed by atoms with Crippen LogP contribution in [0.4, 0.5) is 0 Å². The van der Waals surface area contributed by atoms with Crippen LogP contribution in [0.2, 0.25) is 0 Å². The molecule has 0 fully saturated rings. The van der Waals surface area contributed by atoms with E-state index in [4.69, 9.17) is 0 Å². The van der Waals surface area contributed by atoms with Crippen LogP contribution in [0.25, 0.3) is 16.2 Å². The molecule has 3 nitrogen and oxygen atoms in total. The van der Waals surface area contributed by atoms with E-state index in [1.54, 1.807) is 11.3 Å². The number of hydrogen-bond donors (Lipinski definition) is 0. The predicted octanol–water partition coefficient (Wildman–Crippen LogP) is 3.75. The van der Waals surface area contributed by atoms with Gasteiger partial charge >= 0.3 is 0 Å². The number of imidazole rings is 1. The summed E-state index contributed by atoms with van der Waals surface area (Å²) in [5.41, 5.74) is 3.68. The monoisotopic (exact) mass is 270 g/mol. The summed E-state index contributed by atoms with van der Waals surface area (Å²) in [6.07, 6.45) is 1.84. The first-order valence-corrected chi connectivity index (χ1v) is 7.09. The number of aromatic nitrogens is 2. The summed E-state index contributed by atoms with van der Waals surface area (Å²) < 4.78 is 1.99. The molecular formula is C15H14N2OS. The van der Waals surface area contributed by atoms with Crippen LogP contribution in [0.1, 0.15) is 28.0 Å². The highest BCUT2D eigenvalue weighted by atomic mass is 32.1. The van der Waals surface area contributed by atoms with Gasteiger partial charge in [0.2, 0.25) is 0 Å². The first kappa shape index (κ1) is 12.1. The molecule has 0 aliphatic carbocycles. The zero-order valence-electron chi connectivity index (χ0n) is 10.9. The highest BCUT2D eigenvalue weighted by molar-refractivity contribution is 7.17. The van der Waals surface area contributed by atoms with Crippen molar-refractivity contribution in [2.45, 2.75) is 20.3 Å². The van der Waals surface area contributed by atoms with Gasteiger partial charge in [-0.25, -0.2) is 4.98 Å². The number of aryl methyl sites for hydroxylation is 2. The number of carbonyl (C=O) groups is 1. The number of carbonyl (C=O) groups excluding carboxylic acids is 1. The van der Waals surface area contributed by atoms with Crippen molar-refractivity contribution in [1.82, 2.24) is 9.38 Å². The third-order valence-electron chi connectivity index (χ3n) is 3.25. The van der Waals surface area contributed by atoms with E-state index in [9.17, 15) is 4.79 Å². The normalized spacial score (nSPS) is 11.1. The van der Waals surface area contributed by atoms with Crippen LogP contribution in [0, 0.1) is 6.92 Å². The van der Waals surface area contributed by atoms with Gasteiger partial charge in [0.15, 0.2) is 11.2 Å². The second-order valence-electron chi connectivity index (χ2n) is 4.41. The molecule has 0 spiro atoms. The van der Waals surface area contributed by atoms with Crippen molar-refractivity contribution in [3.8, 4) is 11.3 Å². The van der Waals surface area contributed by atoms with E-state index in [0.29, 0.717) is 5.69 Å². The Morgan fingerprint density at radius 3 is 2.68 bits per heavy atom. The van der Waals surface area contributed by atoms with Gasteiger partial charge in [-0.15, -0.1) is 11.3 Å². The fraction of sp³-hybridized carbons (Fsp3) is 0.200. The molecule has 2 heterocycles. The Bertz CT molecular complexity index is 740. The summed E-state index contributed by atoms with van der Waals surface area (Å²) in [5.74, 6) is 0. The number of fused-ring (bicyclic) bond motifs is 1. The fourth-order valence-electron chi connectivity index (χ4n) is 2.35. The molecule has 0 aliphatic heterocycles. The number of rotatable bonds is 3. The Hall–Kier alpha value is -1.94. The summed E-state index contributed by atoms with van der Waals surface area (Å²) >= 11 is 1.66. The van der Waals surface area contributed by atoms with Crippen molar-refractivity contribution < 1.29 is 4.79 Å². The largest absolute Gasteiger partial charge is 0.296 e. The molecule has 0 atom stereocenters. The average molecular weight is 270 g/mol. The third-order valence-corrected chi connectivity index (χ3v) is 4.43. The molecule has 4 heteroatoms. The van der Waals surface area contributed by atoms with Gasteiger partial charge in [-0.3, -0.25) is 9.20 Å². The van der Waals surface area contributed by atoms with Gasteiger partial charge in [-0.05, 0) is 18.9 Å². The molecule has 0 saturated heterocycles. The minimum absolute atomic E-state index is 0.657. The number of aldehydes is 1. The molecule has 0 N–H and O–H groups in total. The Kier molecular flexibility index (Phi) is 2.95. The Morgan fingerprint density at radius 2 is 2.05 bits per heavy atom. The number of thiazole rings is 1. The van der Waals surface area contributed by atoms with E-state index >= 15 is 0 Å². The number of benzene rings is 1. The molecule has 0 radical (unpaired) electrons. The molecule has 0 amide bonds. The summed E-state index contributed by atoms with van der Waals surface area (Å²) in [6.45, 7) is 4.01. The minimum Gasteiger partial charge on any atom is -0.296 e. The van der Waals surface area contributed by atoms with Gasteiger partial charge in [-0.1, -0.05) is 37.3 Å². The van der Waals surface area contributed by atoms with Gasteiger partial charge in [-0.2, -0.15) is 0 Å². The maximum absolute atomic E-state index is 11.3. The van der Waals surface area contributed by atoms with Crippen molar-refractivity contribution in [3.05, 3.63) is 46.6 Å². The molecule has 96 valence electrons. The van der Waals surface area contributed by atoms with Crippen LogP contribution in [0.5, 0.6) is 0 Å². The molecular weight excluding hydrogens is 256 g/mol. The first-order valence-electron chi connectivity index (χ1n) is 6.27. The zero-order chi connectivity index (χ0) is 13.4. The maximum atomic E-state index is 11.3. The Morgan fingerprint density at radius 1 is 1.32 bits per heavy atom. The number of nitrogens with zero attached hydrogens (tertiary/aromatic N) is 2. The van der Waals surface area contributed by atoms with Crippen molar-refractivity contribution in [2.75, 3.05) is 0 Å². The lowest BCUT2D eigenvalue weighted by Crippen LogP contribution is -1.95. The highest BCUT2D eigenvalue weighted by Gasteiger charge is 2.18. The molecule has 19 heavy (non-hydrogen) atoms. The van der Waals surface area contributed by atoms with Crippen LogP contribution in [0.3, 0.4) is 0 Å². The van der Waals surface area contributed by atoms with E-state index < -0.39 is 0 Å². The van der Waals surface area contributed by atoms with Gasteiger partial charge in [0.1, 0.15) is 5.69 Å². The molecule has 3 aromatic rings. The third kappa shape index (κ3) is 1.79.